The van der Waals surface area contributed by atoms with Crippen LogP contribution in [-0.2, 0) is 0 Å². The molecule has 0 aliphatic rings. The van der Waals surface area contributed by atoms with Crippen LogP contribution in [0.4, 0.5) is 65.9 Å². The molecule has 6 rings (SSSR count). The Kier molecular flexibility index (Phi) is 12.5. The first-order chi connectivity index (χ1) is 29.4. The maximum absolute atomic E-state index is 17.1. The molecule has 334 valence electrons. The molecule has 0 radical (unpaired) electrons. The minimum absolute atomic E-state index is 0.188. The van der Waals surface area contributed by atoms with Crippen molar-refractivity contribution in [2.75, 3.05) is 0 Å². The zero-order valence-corrected chi connectivity index (χ0v) is 34.6. The molecule has 0 aliphatic carbocycles. The number of para-hydroxylation sites is 2. The summed E-state index contributed by atoms with van der Waals surface area (Å²) in [4.78, 5) is 0. The van der Waals surface area contributed by atoms with Crippen molar-refractivity contribution in [2.45, 2.75) is 79.1 Å². The summed E-state index contributed by atoms with van der Waals surface area (Å²) in [7, 11) is 0. The van der Waals surface area contributed by atoms with Gasteiger partial charge in [-0.15, -0.1) is 16.4 Å². The third-order valence-electron chi connectivity index (χ3n) is 11.4. The number of nitrogens with zero attached hydrogens (tertiary/aromatic N) is 2. The molecule has 0 N–H and O–H groups in total. The van der Waals surface area contributed by atoms with Crippen LogP contribution in [0.3, 0.4) is 0 Å². The number of benzene rings is 5. The fraction of sp³-hybridized carbons (Fsp3) is 0.267. The standard InChI is InChI=1S/C45H36BF15N2/c1-17(2)21-11-9-12-22(18(3)4)43(21)62-15-16-63(44-23(19(5)6)13-10-14-24(44)20(7)8)45(62)46(25-28(47)34(53)40(59)35(54)29(25)48,26-30(49)36(55)41(60)37(56)31(26)50)27-32(51)38(57)42(61)39(58)33(27)52/h9-20H,1-8H3. The molecule has 2 nitrogen and oxygen atoms in total. The second-order valence-corrected chi connectivity index (χ2v) is 16.4. The highest BCUT2D eigenvalue weighted by atomic mass is 19.2. The predicted molar refractivity (Wildman–Crippen MR) is 207 cm³/mol. The van der Waals surface area contributed by atoms with Crippen LogP contribution in [0.2, 0.25) is 0 Å². The van der Waals surface area contributed by atoms with Gasteiger partial charge in [0.25, 0.3) is 0 Å². The minimum Gasteiger partial charge on any atom is -0.235 e. The van der Waals surface area contributed by atoms with Crippen molar-refractivity contribution in [3.05, 3.63) is 158 Å². The molecule has 0 saturated carbocycles. The molecule has 18 heteroatoms. The van der Waals surface area contributed by atoms with E-state index in [2.05, 4.69) is 0 Å². The van der Waals surface area contributed by atoms with Crippen molar-refractivity contribution < 1.29 is 70.4 Å². The molecule has 63 heavy (non-hydrogen) atoms. The summed E-state index contributed by atoms with van der Waals surface area (Å²) >= 11 is 0. The Morgan fingerprint density at radius 3 is 0.905 bits per heavy atom. The Labute approximate surface area is 351 Å². The van der Waals surface area contributed by atoms with Crippen LogP contribution in [-0.4, -0.2) is 10.7 Å². The summed E-state index contributed by atoms with van der Waals surface area (Å²) in [5, 5.41) is 0. The van der Waals surface area contributed by atoms with Gasteiger partial charge in [0.05, 0.1) is 5.72 Å². The van der Waals surface area contributed by atoms with E-state index in [0.29, 0.717) is 0 Å². The summed E-state index contributed by atoms with van der Waals surface area (Å²) in [6, 6.07) is 8.84. The average Bonchev–Trinajstić information content (AvgIpc) is 3.68. The highest BCUT2D eigenvalue weighted by Gasteiger charge is 2.56. The van der Waals surface area contributed by atoms with E-state index in [9.17, 15) is 0 Å². The van der Waals surface area contributed by atoms with Gasteiger partial charge in [0.2, 0.25) is 6.15 Å². The molecule has 0 saturated heterocycles. The van der Waals surface area contributed by atoms with Crippen LogP contribution in [0, 0.1) is 87.3 Å². The van der Waals surface area contributed by atoms with Gasteiger partial charge in [-0.3, -0.25) is 0 Å². The van der Waals surface area contributed by atoms with E-state index >= 15 is 65.9 Å². The summed E-state index contributed by atoms with van der Waals surface area (Å²) < 4.78 is 244. The zero-order chi connectivity index (χ0) is 47.1. The van der Waals surface area contributed by atoms with E-state index < -0.39 is 139 Å². The van der Waals surface area contributed by atoms with Crippen LogP contribution < -0.4 is 26.7 Å². The monoisotopic (exact) mass is 900 g/mol. The summed E-state index contributed by atoms with van der Waals surface area (Å²) in [6.07, 6.45) is -4.32. The highest BCUT2D eigenvalue weighted by Crippen LogP contribution is 2.35. The van der Waals surface area contributed by atoms with Gasteiger partial charge < -0.3 is 0 Å². The van der Waals surface area contributed by atoms with E-state index in [0.717, 1.165) is 21.5 Å². The van der Waals surface area contributed by atoms with Gasteiger partial charge in [-0.05, 0) is 23.7 Å². The zero-order valence-electron chi connectivity index (χ0n) is 34.6. The smallest absolute Gasteiger partial charge is 0.221 e. The van der Waals surface area contributed by atoms with E-state index in [1.54, 1.807) is 55.4 Å². The van der Waals surface area contributed by atoms with Crippen molar-refractivity contribution >= 4 is 28.3 Å². The molecule has 0 unspecified atom stereocenters. The molecule has 5 aromatic carbocycles. The SMILES string of the molecule is CC(C)c1cccc(C(C)C)c1-n1cc[n+](-c2c(C(C)C)cccc2C(C)C)c1[B-](c1c(F)c(F)c(F)c(F)c1F)(c1c(F)c(F)c(F)c(F)c1F)c1c(F)c(F)c(F)c(F)c1F. The molecular weight excluding hydrogens is 864 g/mol. The normalized spacial score (nSPS) is 12.3. The highest BCUT2D eigenvalue weighted by molar-refractivity contribution is 7.19. The lowest BCUT2D eigenvalue weighted by Crippen LogP contribution is -2.85. The second-order valence-electron chi connectivity index (χ2n) is 16.4. The average molecular weight is 901 g/mol. The molecule has 0 atom stereocenters. The molecule has 0 spiro atoms. The van der Waals surface area contributed by atoms with Crippen molar-refractivity contribution in [2.24, 2.45) is 0 Å². The number of aromatic nitrogens is 2. The van der Waals surface area contributed by atoms with E-state index in [1.807, 2.05) is 0 Å². The van der Waals surface area contributed by atoms with E-state index in [1.165, 1.54) is 36.4 Å². The first-order valence-corrected chi connectivity index (χ1v) is 19.5. The van der Waals surface area contributed by atoms with Crippen LogP contribution in [0.1, 0.15) is 101 Å². The van der Waals surface area contributed by atoms with Gasteiger partial charge in [0, 0.05) is 22.3 Å². The third kappa shape index (κ3) is 6.89. The molecule has 6 aromatic rings. The van der Waals surface area contributed by atoms with E-state index in [4.69, 9.17) is 0 Å². The first-order valence-electron chi connectivity index (χ1n) is 19.5. The number of imidazole rings is 1. The molecule has 1 aromatic heterocycles. The van der Waals surface area contributed by atoms with Crippen molar-refractivity contribution in [3.8, 4) is 11.4 Å². The molecule has 0 bridgehead atoms. The third-order valence-corrected chi connectivity index (χ3v) is 11.4. The van der Waals surface area contributed by atoms with Crippen molar-refractivity contribution in [1.29, 1.82) is 0 Å². The summed E-state index contributed by atoms with van der Waals surface area (Å²) in [5.41, 5.74) is -9.19. The lowest BCUT2D eigenvalue weighted by Gasteiger charge is -2.42. The Hall–Kier alpha value is -5.68. The van der Waals surface area contributed by atoms with Crippen molar-refractivity contribution in [3.63, 3.8) is 0 Å². The molecule has 0 amide bonds. The molecular formula is C45H36BF15N2. The number of hydrogen-bond acceptors (Lipinski definition) is 0. The molecule has 0 fully saturated rings. The summed E-state index contributed by atoms with van der Waals surface area (Å²) in [5.74, 6) is -48.5. The lowest BCUT2D eigenvalue weighted by molar-refractivity contribution is -0.577. The van der Waals surface area contributed by atoms with Crippen LogP contribution in [0.25, 0.3) is 11.4 Å². The fourth-order valence-corrected chi connectivity index (χ4v) is 8.60. The van der Waals surface area contributed by atoms with Gasteiger partial charge in [-0.1, -0.05) is 91.8 Å². The molecule has 0 aliphatic heterocycles. The summed E-state index contributed by atoms with van der Waals surface area (Å²) in [6.45, 7) is 12.8. The number of hydrogen-bond donors (Lipinski definition) is 0. The van der Waals surface area contributed by atoms with Crippen molar-refractivity contribution in [1.82, 2.24) is 4.57 Å². The Balaban J connectivity index is 2.23. The Morgan fingerprint density at radius 2 is 0.635 bits per heavy atom. The fourth-order valence-electron chi connectivity index (χ4n) is 8.60. The largest absolute Gasteiger partial charge is 0.235 e. The van der Waals surface area contributed by atoms with E-state index in [-0.39, 0.29) is 33.6 Å². The van der Waals surface area contributed by atoms with Crippen LogP contribution in [0.5, 0.6) is 0 Å². The maximum Gasteiger partial charge on any atom is 0.221 e. The van der Waals surface area contributed by atoms with Gasteiger partial charge in [-0.2, -0.15) is 0 Å². The van der Waals surface area contributed by atoms with Gasteiger partial charge in [0.15, 0.2) is 52.4 Å². The maximum atomic E-state index is 17.1. The Morgan fingerprint density at radius 1 is 0.381 bits per heavy atom. The van der Waals surface area contributed by atoms with Gasteiger partial charge >= 0.3 is 0 Å². The number of halogens is 15. The van der Waals surface area contributed by atoms with Gasteiger partial charge in [0.1, 0.15) is 58.7 Å². The quantitative estimate of drug-likeness (QED) is 0.0426. The minimum atomic E-state index is -6.22. The predicted octanol–water partition coefficient (Wildman–Crippen LogP) is 10.7. The lowest BCUT2D eigenvalue weighted by atomic mass is 9.14. The van der Waals surface area contributed by atoms with Gasteiger partial charge in [-0.25, -0.2) is 75.0 Å². The second kappa shape index (κ2) is 16.8. The topological polar surface area (TPSA) is 8.81 Å². The Bertz CT molecular complexity index is 2440. The molecule has 1 heterocycles. The van der Waals surface area contributed by atoms with Crippen LogP contribution >= 0.6 is 0 Å². The first kappa shape index (κ1) is 46.8. The number of rotatable bonds is 10. The van der Waals surface area contributed by atoms with Crippen LogP contribution in [0.15, 0.2) is 48.8 Å².